The van der Waals surface area contributed by atoms with E-state index in [4.69, 9.17) is 28.4 Å². The van der Waals surface area contributed by atoms with Gasteiger partial charge in [-0.15, -0.1) is 0 Å². The van der Waals surface area contributed by atoms with Crippen LogP contribution in [0.5, 0.6) is 34.5 Å². The van der Waals surface area contributed by atoms with Gasteiger partial charge in [0, 0.05) is 25.0 Å². The summed E-state index contributed by atoms with van der Waals surface area (Å²) in [5.74, 6) is 0.0682. The largest absolute Gasteiger partial charge is 0.493 e. The summed E-state index contributed by atoms with van der Waals surface area (Å²) in [5, 5.41) is 17.4. The summed E-state index contributed by atoms with van der Waals surface area (Å²) in [7, 11) is 8.61. The fourth-order valence-electron chi connectivity index (χ4n) is 6.88. The highest BCUT2D eigenvalue weighted by atomic mass is 32.2. The molecule has 0 saturated heterocycles. The van der Waals surface area contributed by atoms with Crippen LogP contribution >= 0.6 is 35.3 Å². The van der Waals surface area contributed by atoms with Crippen molar-refractivity contribution in [2.75, 3.05) is 98.3 Å². The normalized spacial score (nSPS) is 12.3. The first kappa shape index (κ1) is 56.7. The number of benzene rings is 3. The lowest BCUT2D eigenvalue weighted by atomic mass is 9.89. The molecule has 3 rings (SSSR count). The van der Waals surface area contributed by atoms with Crippen molar-refractivity contribution < 1.29 is 57.2 Å². The van der Waals surface area contributed by atoms with Crippen molar-refractivity contribution in [2.24, 2.45) is 5.41 Å². The molecule has 0 bridgehead atoms. The number of hydrogen-bond donors (Lipinski definition) is 6. The topological polar surface area (TPSA) is 230 Å². The van der Waals surface area contributed by atoms with Gasteiger partial charge in [-0.25, -0.2) is 0 Å². The summed E-state index contributed by atoms with van der Waals surface area (Å²) in [4.78, 5) is 83.2. The van der Waals surface area contributed by atoms with Gasteiger partial charge in [0.25, 0.3) is 17.7 Å². The molecule has 21 heteroatoms. The van der Waals surface area contributed by atoms with Crippen molar-refractivity contribution in [3.8, 4) is 34.5 Å². The molecule has 6 N–H and O–H groups in total. The predicted molar refractivity (Wildman–Crippen MR) is 269 cm³/mol. The summed E-state index contributed by atoms with van der Waals surface area (Å²) in [5.41, 5.74) is -0.570. The third-order valence-electron chi connectivity index (χ3n) is 10.7. The predicted octanol–water partition coefficient (Wildman–Crippen LogP) is 4.05. The van der Waals surface area contributed by atoms with Gasteiger partial charge in [-0.05, 0) is 91.7 Å². The highest BCUT2D eigenvalue weighted by molar-refractivity contribution is 7.98. The van der Waals surface area contributed by atoms with E-state index in [1.807, 2.05) is 18.8 Å². The number of nitrogens with one attached hydrogen (secondary N) is 6. The van der Waals surface area contributed by atoms with Crippen LogP contribution in [0.25, 0.3) is 0 Å². The molecule has 0 aliphatic heterocycles. The van der Waals surface area contributed by atoms with E-state index in [-0.39, 0.29) is 72.8 Å². The van der Waals surface area contributed by atoms with Gasteiger partial charge in [0.15, 0.2) is 34.5 Å². The van der Waals surface area contributed by atoms with E-state index in [2.05, 4.69) is 31.9 Å². The summed E-state index contributed by atoms with van der Waals surface area (Å²) >= 11 is 4.50. The van der Waals surface area contributed by atoms with E-state index >= 15 is 0 Å². The molecule has 6 amide bonds. The zero-order chi connectivity index (χ0) is 50.2. The number of carbonyl (C=O) groups excluding carboxylic acids is 6. The molecule has 374 valence electrons. The van der Waals surface area contributed by atoms with E-state index < -0.39 is 59.0 Å². The second kappa shape index (κ2) is 29.3. The first-order valence-corrected chi connectivity index (χ1v) is 25.7. The zero-order valence-corrected chi connectivity index (χ0v) is 42.9. The molecule has 3 atom stereocenters. The molecular weight excluding hydrogens is 937 g/mol. The van der Waals surface area contributed by atoms with Gasteiger partial charge in [-0.2, -0.15) is 35.3 Å². The molecule has 3 aromatic rings. The standard InChI is InChI=1S/C47H66N6O12S3/c1-47(26-48-44(57)32(20-23-66-8)51-41(54)29-14-11-17-35(60-2)38(29)63-5,27-49-45(58)33(21-24-67-9)52-42(55)30-15-12-18-36(61-3)39(30)64-6)28-50-46(59)34(22-25-68-10)53-43(56)31-16-13-19-37(62-4)40(31)65-7/h11-19,32-34H,20-28H2,1-10H3,(H,48,57)(H,49,58)(H,50,59)(H,51,54)(H,52,55)(H,53,56)/t32-,33-,34-/m0/s1. The van der Waals surface area contributed by atoms with Gasteiger partial charge in [0.1, 0.15) is 18.1 Å². The van der Waals surface area contributed by atoms with E-state index in [0.717, 1.165) is 0 Å². The van der Waals surface area contributed by atoms with Crippen LogP contribution in [-0.2, 0) is 14.4 Å². The average Bonchev–Trinajstić information content (AvgIpc) is 3.36. The number of hydrogen-bond acceptors (Lipinski definition) is 15. The second-order valence-corrected chi connectivity index (χ2v) is 18.5. The second-order valence-electron chi connectivity index (χ2n) is 15.5. The van der Waals surface area contributed by atoms with E-state index in [9.17, 15) is 28.8 Å². The van der Waals surface area contributed by atoms with Crippen molar-refractivity contribution in [3.63, 3.8) is 0 Å². The third-order valence-corrected chi connectivity index (χ3v) is 12.6. The molecule has 0 spiro atoms. The lowest BCUT2D eigenvalue weighted by molar-refractivity contribution is -0.124. The Bertz CT molecular complexity index is 1930. The van der Waals surface area contributed by atoms with Crippen molar-refractivity contribution >= 4 is 70.7 Å². The van der Waals surface area contributed by atoms with Crippen LogP contribution < -0.4 is 60.3 Å². The molecule has 0 unspecified atom stereocenters. The van der Waals surface area contributed by atoms with E-state index in [1.54, 1.807) is 61.5 Å². The van der Waals surface area contributed by atoms with Crippen LogP contribution in [0.3, 0.4) is 0 Å². The molecule has 0 heterocycles. The fraction of sp³-hybridized carbons (Fsp3) is 0.489. The maximum Gasteiger partial charge on any atom is 0.255 e. The van der Waals surface area contributed by atoms with Crippen LogP contribution in [0.4, 0.5) is 0 Å². The fourth-order valence-corrected chi connectivity index (χ4v) is 8.29. The van der Waals surface area contributed by atoms with Crippen molar-refractivity contribution in [2.45, 2.75) is 44.3 Å². The van der Waals surface area contributed by atoms with Gasteiger partial charge >= 0.3 is 0 Å². The quantitative estimate of drug-likeness (QED) is 0.0554. The number of para-hydroxylation sites is 3. The molecular formula is C47H66N6O12S3. The maximum atomic E-state index is 14.1. The molecule has 0 aliphatic carbocycles. The number of methoxy groups -OCH3 is 6. The molecule has 0 aliphatic rings. The highest BCUT2D eigenvalue weighted by Crippen LogP contribution is 2.33. The zero-order valence-electron chi connectivity index (χ0n) is 40.4. The van der Waals surface area contributed by atoms with Gasteiger partial charge in [0.2, 0.25) is 17.7 Å². The number of thioether (sulfide) groups is 3. The molecule has 0 radical (unpaired) electrons. The van der Waals surface area contributed by atoms with Gasteiger partial charge in [-0.3, -0.25) is 28.8 Å². The van der Waals surface area contributed by atoms with Gasteiger partial charge < -0.3 is 60.3 Å². The number of carbonyl (C=O) groups is 6. The lowest BCUT2D eigenvalue weighted by Crippen LogP contribution is -2.56. The van der Waals surface area contributed by atoms with Crippen molar-refractivity contribution in [3.05, 3.63) is 71.3 Å². The Morgan fingerprint density at radius 1 is 0.456 bits per heavy atom. The first-order valence-electron chi connectivity index (χ1n) is 21.5. The Labute approximate surface area is 411 Å². The van der Waals surface area contributed by atoms with E-state index in [0.29, 0.717) is 34.5 Å². The molecule has 68 heavy (non-hydrogen) atoms. The Kier molecular flexibility index (Phi) is 24.4. The lowest BCUT2D eigenvalue weighted by Gasteiger charge is -2.33. The first-order chi connectivity index (χ1) is 32.7. The van der Waals surface area contributed by atoms with E-state index in [1.165, 1.54) is 77.9 Å². The maximum absolute atomic E-state index is 14.1. The molecule has 0 fully saturated rings. The van der Waals surface area contributed by atoms with Crippen molar-refractivity contribution in [1.29, 1.82) is 0 Å². The Morgan fingerprint density at radius 3 is 0.941 bits per heavy atom. The molecule has 18 nitrogen and oxygen atoms in total. The van der Waals surface area contributed by atoms with Crippen LogP contribution in [0.2, 0.25) is 0 Å². The highest BCUT2D eigenvalue weighted by Gasteiger charge is 2.33. The van der Waals surface area contributed by atoms with Crippen LogP contribution in [0.1, 0.15) is 57.3 Å². The minimum absolute atomic E-state index is 0.0911. The molecule has 0 aromatic heterocycles. The number of ether oxygens (including phenoxy) is 6. The SMILES string of the molecule is COc1cccc(C(=O)N[C@@H](CCSC)C(=O)NCC(C)(CNC(=O)[C@H](CCSC)NC(=O)c2cccc(OC)c2OC)CNC(=O)[C@H](CCSC)NC(=O)c2cccc(OC)c2OC)c1OC. The Balaban J connectivity index is 1.94. The Hall–Kier alpha value is -5.67. The summed E-state index contributed by atoms with van der Waals surface area (Å²) in [6, 6.07) is 11.6. The monoisotopic (exact) mass is 1000 g/mol. The minimum atomic E-state index is -1.08. The molecule has 0 saturated carbocycles. The Morgan fingerprint density at radius 2 is 0.721 bits per heavy atom. The van der Waals surface area contributed by atoms with Crippen LogP contribution in [-0.4, -0.2) is 152 Å². The van der Waals surface area contributed by atoms with Crippen LogP contribution in [0, 0.1) is 5.41 Å². The summed E-state index contributed by atoms with van der Waals surface area (Å²) in [6.45, 7) is 1.49. The van der Waals surface area contributed by atoms with Gasteiger partial charge in [-0.1, -0.05) is 25.1 Å². The summed E-state index contributed by atoms with van der Waals surface area (Å²) < 4.78 is 32.5. The number of amides is 6. The van der Waals surface area contributed by atoms with Crippen LogP contribution in [0.15, 0.2) is 54.6 Å². The van der Waals surface area contributed by atoms with Crippen molar-refractivity contribution in [1.82, 2.24) is 31.9 Å². The number of rotatable bonds is 30. The minimum Gasteiger partial charge on any atom is -0.493 e. The summed E-state index contributed by atoms with van der Waals surface area (Å²) in [6.07, 6.45) is 6.48. The average molecular weight is 1000 g/mol. The van der Waals surface area contributed by atoms with Gasteiger partial charge in [0.05, 0.1) is 59.3 Å². The molecule has 3 aromatic carbocycles. The third kappa shape index (κ3) is 16.2. The smallest absolute Gasteiger partial charge is 0.255 e.